The van der Waals surface area contributed by atoms with Gasteiger partial charge in [0.1, 0.15) is 17.3 Å². The van der Waals surface area contributed by atoms with Gasteiger partial charge >= 0.3 is 0 Å². The van der Waals surface area contributed by atoms with Gasteiger partial charge in [0.05, 0.1) is 0 Å². The summed E-state index contributed by atoms with van der Waals surface area (Å²) in [6, 6.07) is 0. The molecular weight excluding hydrogens is 363 g/mol. The lowest BCUT2D eigenvalue weighted by Gasteiger charge is -2.41. The first-order chi connectivity index (χ1) is 13.6. The van der Waals surface area contributed by atoms with E-state index in [2.05, 4.69) is 40.8 Å². The van der Waals surface area contributed by atoms with Crippen LogP contribution in [0.2, 0.25) is 0 Å². The van der Waals surface area contributed by atoms with Gasteiger partial charge < -0.3 is 15.1 Å². The second-order valence-electron chi connectivity index (χ2n) is 8.91. The quantitative estimate of drug-likeness (QED) is 0.533. The normalized spacial score (nSPS) is 21.0. The molecule has 0 aromatic carbocycles. The monoisotopic (exact) mass is 398 g/mol. The molecular formula is C24H35FN4. The first-order valence-electron chi connectivity index (χ1n) is 10.6. The van der Waals surface area contributed by atoms with Crippen LogP contribution in [-0.2, 0) is 0 Å². The smallest absolute Gasteiger partial charge is 0.128 e. The van der Waals surface area contributed by atoms with Gasteiger partial charge in [0.15, 0.2) is 0 Å². The zero-order valence-electron chi connectivity index (χ0n) is 18.6. The first-order valence-corrected chi connectivity index (χ1v) is 10.6. The van der Waals surface area contributed by atoms with E-state index in [1.54, 1.807) is 13.8 Å². The molecule has 29 heavy (non-hydrogen) atoms. The summed E-state index contributed by atoms with van der Waals surface area (Å²) < 4.78 is 14.8. The van der Waals surface area contributed by atoms with E-state index < -0.39 is 5.67 Å². The Labute approximate surface area is 175 Å². The van der Waals surface area contributed by atoms with Crippen LogP contribution in [0.15, 0.2) is 58.0 Å². The zero-order valence-corrected chi connectivity index (χ0v) is 18.6. The zero-order chi connectivity index (χ0) is 21.3. The van der Waals surface area contributed by atoms with Crippen molar-refractivity contribution < 1.29 is 4.39 Å². The molecule has 1 fully saturated rings. The molecule has 0 radical (unpaired) electrons. The van der Waals surface area contributed by atoms with Gasteiger partial charge in [-0.3, -0.25) is 5.41 Å². The minimum Gasteiger partial charge on any atom is -0.367 e. The standard InChI is InChI=1S/C24H35FN4/c1-16(2)19-14-18(4)23(27-15-19)29-12-10-28(11-13-29)22(26)21-17(3)8-7-9-20(21)24(5,6)25/h8,14,26-27H,1,7,9-13,15H2,2-6H3. The molecule has 0 amide bonds. The number of nitrogens with zero attached hydrogens (tertiary/aromatic N) is 2. The molecule has 4 nitrogen and oxygen atoms in total. The topological polar surface area (TPSA) is 42.4 Å². The molecule has 2 heterocycles. The van der Waals surface area contributed by atoms with Crippen molar-refractivity contribution >= 4 is 5.84 Å². The third-order valence-corrected chi connectivity index (χ3v) is 6.17. The maximum Gasteiger partial charge on any atom is 0.128 e. The van der Waals surface area contributed by atoms with Gasteiger partial charge in [-0.1, -0.05) is 24.3 Å². The van der Waals surface area contributed by atoms with Gasteiger partial charge in [-0.15, -0.1) is 0 Å². The molecule has 1 saturated heterocycles. The van der Waals surface area contributed by atoms with Crippen molar-refractivity contribution in [1.29, 1.82) is 5.41 Å². The minimum absolute atomic E-state index is 0.477. The summed E-state index contributed by atoms with van der Waals surface area (Å²) in [5.74, 6) is 1.66. The molecule has 3 rings (SSSR count). The van der Waals surface area contributed by atoms with Crippen molar-refractivity contribution in [3.63, 3.8) is 0 Å². The van der Waals surface area contributed by atoms with Gasteiger partial charge in [0.2, 0.25) is 0 Å². The average molecular weight is 399 g/mol. The van der Waals surface area contributed by atoms with Crippen LogP contribution in [0, 0.1) is 5.41 Å². The number of amidine groups is 1. The number of piperazine rings is 1. The van der Waals surface area contributed by atoms with Crippen molar-refractivity contribution in [2.75, 3.05) is 32.7 Å². The molecule has 0 aromatic rings. The second kappa shape index (κ2) is 8.21. The highest BCUT2D eigenvalue weighted by molar-refractivity contribution is 6.01. The van der Waals surface area contributed by atoms with Gasteiger partial charge in [0, 0.05) is 38.3 Å². The van der Waals surface area contributed by atoms with Crippen molar-refractivity contribution in [2.24, 2.45) is 0 Å². The highest BCUT2D eigenvalue weighted by Crippen LogP contribution is 2.36. The number of rotatable bonds is 4. The predicted octanol–water partition coefficient (Wildman–Crippen LogP) is 4.70. The minimum atomic E-state index is -1.39. The first kappa shape index (κ1) is 21.4. The SMILES string of the molecule is C=C(C)C1=CC(C)=C(N2CCN(C(=N)C3=C(C(C)(C)F)CCC=C3C)CC2)NC1. The molecule has 2 aliphatic heterocycles. The highest BCUT2D eigenvalue weighted by Gasteiger charge is 2.32. The van der Waals surface area contributed by atoms with E-state index in [9.17, 15) is 4.39 Å². The summed E-state index contributed by atoms with van der Waals surface area (Å²) in [4.78, 5) is 4.47. The Morgan fingerprint density at radius 1 is 1.21 bits per heavy atom. The summed E-state index contributed by atoms with van der Waals surface area (Å²) in [6.07, 6.45) is 5.92. The molecule has 158 valence electrons. The molecule has 5 heteroatoms. The molecule has 0 unspecified atom stereocenters. The predicted molar refractivity (Wildman–Crippen MR) is 120 cm³/mol. The average Bonchev–Trinajstić information content (AvgIpc) is 2.66. The number of hydrogen-bond donors (Lipinski definition) is 2. The van der Waals surface area contributed by atoms with E-state index in [1.165, 1.54) is 17.0 Å². The van der Waals surface area contributed by atoms with E-state index >= 15 is 0 Å². The van der Waals surface area contributed by atoms with E-state index in [1.807, 2.05) is 13.8 Å². The highest BCUT2D eigenvalue weighted by atomic mass is 19.1. The van der Waals surface area contributed by atoms with Crippen molar-refractivity contribution in [2.45, 2.75) is 53.1 Å². The molecule has 1 aliphatic carbocycles. The fourth-order valence-electron chi connectivity index (χ4n) is 4.47. The summed E-state index contributed by atoms with van der Waals surface area (Å²) in [5.41, 5.74) is 4.82. The Morgan fingerprint density at radius 3 is 2.41 bits per heavy atom. The van der Waals surface area contributed by atoms with Crippen LogP contribution in [0.25, 0.3) is 0 Å². The molecule has 0 saturated carbocycles. The lowest BCUT2D eigenvalue weighted by Crippen LogP contribution is -2.51. The van der Waals surface area contributed by atoms with Crippen molar-refractivity contribution in [3.05, 3.63) is 58.0 Å². The van der Waals surface area contributed by atoms with Gasteiger partial charge in [-0.25, -0.2) is 4.39 Å². The Bertz CT molecular complexity index is 827. The van der Waals surface area contributed by atoms with Crippen LogP contribution < -0.4 is 5.32 Å². The number of allylic oxidation sites excluding steroid dienone is 4. The lowest BCUT2D eigenvalue weighted by molar-refractivity contribution is 0.208. The number of alkyl halides is 1. The molecule has 0 bridgehead atoms. The summed E-state index contributed by atoms with van der Waals surface area (Å²) in [7, 11) is 0. The Morgan fingerprint density at radius 2 is 1.86 bits per heavy atom. The number of nitrogens with one attached hydrogen (secondary N) is 2. The molecule has 2 N–H and O–H groups in total. The molecule has 0 spiro atoms. The van der Waals surface area contributed by atoms with E-state index in [0.717, 1.165) is 61.4 Å². The summed E-state index contributed by atoms with van der Waals surface area (Å²) >= 11 is 0. The van der Waals surface area contributed by atoms with Crippen molar-refractivity contribution in [1.82, 2.24) is 15.1 Å². The van der Waals surface area contributed by atoms with Gasteiger partial charge in [0.25, 0.3) is 0 Å². The van der Waals surface area contributed by atoms with Crippen molar-refractivity contribution in [3.8, 4) is 0 Å². The largest absolute Gasteiger partial charge is 0.367 e. The summed E-state index contributed by atoms with van der Waals surface area (Å²) in [6.45, 7) is 17.5. The van der Waals surface area contributed by atoms with Crippen LogP contribution in [-0.4, -0.2) is 54.0 Å². The number of hydrogen-bond acceptors (Lipinski definition) is 3. The number of halogens is 1. The fraction of sp³-hybridized carbons (Fsp3) is 0.542. The Hall–Kier alpha value is -2.30. The van der Waals surface area contributed by atoms with E-state index in [0.29, 0.717) is 12.3 Å². The molecule has 0 aromatic heterocycles. The van der Waals surface area contributed by atoms with E-state index in [4.69, 9.17) is 5.41 Å². The Kier molecular flexibility index (Phi) is 6.06. The maximum atomic E-state index is 14.8. The van der Waals surface area contributed by atoms with Crippen LogP contribution in [0.1, 0.15) is 47.5 Å². The van der Waals surface area contributed by atoms with Crippen LogP contribution in [0.3, 0.4) is 0 Å². The Balaban J connectivity index is 1.73. The fourth-order valence-corrected chi connectivity index (χ4v) is 4.47. The van der Waals surface area contributed by atoms with Crippen LogP contribution >= 0.6 is 0 Å². The summed E-state index contributed by atoms with van der Waals surface area (Å²) in [5, 5.41) is 12.4. The molecule has 0 atom stereocenters. The van der Waals surface area contributed by atoms with Gasteiger partial charge in [-0.2, -0.15) is 0 Å². The van der Waals surface area contributed by atoms with Crippen LogP contribution in [0.4, 0.5) is 4.39 Å². The van der Waals surface area contributed by atoms with E-state index in [-0.39, 0.29) is 0 Å². The van der Waals surface area contributed by atoms with Crippen LogP contribution in [0.5, 0.6) is 0 Å². The second-order valence-corrected chi connectivity index (χ2v) is 8.91. The number of dihydropyridines is 1. The van der Waals surface area contributed by atoms with Gasteiger partial charge in [-0.05, 0) is 69.8 Å². The third-order valence-electron chi connectivity index (χ3n) is 6.17. The lowest BCUT2D eigenvalue weighted by atomic mass is 9.83. The molecule has 3 aliphatic rings. The maximum absolute atomic E-state index is 14.8. The third kappa shape index (κ3) is 4.49.